The molecule has 0 bridgehead atoms. The van der Waals surface area contributed by atoms with Gasteiger partial charge in [-0.1, -0.05) is 24.1 Å². The van der Waals surface area contributed by atoms with E-state index >= 15 is 0 Å². The van der Waals surface area contributed by atoms with Gasteiger partial charge in [-0.25, -0.2) is 0 Å². The first-order valence-corrected chi connectivity index (χ1v) is 12.3. The molecule has 2 saturated heterocycles. The van der Waals surface area contributed by atoms with E-state index in [0.717, 1.165) is 47.6 Å². The fraction of sp³-hybridized carbons (Fsp3) is 0.458. The first-order chi connectivity index (χ1) is 14.7. The SMILES string of the molecule is O=C(Cn1c(-c2cccs2)cc2cc(Cl)ccc21)N1CCC(N2CCCCC2)CC1. The number of carbonyl (C=O) groups excluding carboxylic acids is 1. The van der Waals surface area contributed by atoms with Crippen molar-refractivity contribution in [1.29, 1.82) is 0 Å². The van der Waals surface area contributed by atoms with Crippen LogP contribution in [0.1, 0.15) is 32.1 Å². The van der Waals surface area contributed by atoms with Crippen LogP contribution >= 0.6 is 22.9 Å². The highest BCUT2D eigenvalue weighted by molar-refractivity contribution is 7.13. The van der Waals surface area contributed by atoms with Crippen molar-refractivity contribution in [2.75, 3.05) is 26.2 Å². The first-order valence-electron chi connectivity index (χ1n) is 11.0. The maximum absolute atomic E-state index is 13.2. The number of hydrogen-bond acceptors (Lipinski definition) is 3. The van der Waals surface area contributed by atoms with Crippen molar-refractivity contribution in [3.63, 3.8) is 0 Å². The maximum Gasteiger partial charge on any atom is 0.242 e. The van der Waals surface area contributed by atoms with E-state index < -0.39 is 0 Å². The van der Waals surface area contributed by atoms with E-state index in [9.17, 15) is 4.79 Å². The van der Waals surface area contributed by atoms with Gasteiger partial charge in [0.1, 0.15) is 6.54 Å². The van der Waals surface area contributed by atoms with E-state index in [1.54, 1.807) is 11.3 Å². The lowest BCUT2D eigenvalue weighted by Gasteiger charge is -2.40. The third kappa shape index (κ3) is 4.03. The lowest BCUT2D eigenvalue weighted by atomic mass is 10.00. The zero-order valence-corrected chi connectivity index (χ0v) is 18.8. The summed E-state index contributed by atoms with van der Waals surface area (Å²) in [4.78, 5) is 19.2. The van der Waals surface area contributed by atoms with E-state index in [-0.39, 0.29) is 5.91 Å². The Morgan fingerprint density at radius 3 is 2.57 bits per heavy atom. The lowest BCUT2D eigenvalue weighted by molar-refractivity contribution is -0.133. The normalized spacial score (nSPS) is 18.9. The quantitative estimate of drug-likeness (QED) is 0.534. The molecule has 0 atom stereocenters. The van der Waals surface area contributed by atoms with Crippen LogP contribution in [0.15, 0.2) is 41.8 Å². The summed E-state index contributed by atoms with van der Waals surface area (Å²) in [7, 11) is 0. The zero-order chi connectivity index (χ0) is 20.5. The largest absolute Gasteiger partial charge is 0.341 e. The van der Waals surface area contributed by atoms with E-state index in [4.69, 9.17) is 11.6 Å². The minimum absolute atomic E-state index is 0.220. The number of hydrogen-bond donors (Lipinski definition) is 0. The Bertz CT molecular complexity index is 1010. The molecule has 2 aliphatic rings. The molecule has 4 heterocycles. The third-order valence-corrected chi connectivity index (χ3v) is 7.78. The van der Waals surface area contributed by atoms with Crippen LogP contribution in [0.25, 0.3) is 21.5 Å². The molecular formula is C24H28ClN3OS. The van der Waals surface area contributed by atoms with Crippen LogP contribution in [0.3, 0.4) is 0 Å². The number of halogens is 1. The Morgan fingerprint density at radius 2 is 1.83 bits per heavy atom. The number of amides is 1. The second-order valence-corrected chi connectivity index (χ2v) is 9.89. The fourth-order valence-corrected chi connectivity index (χ4v) is 5.97. The van der Waals surface area contributed by atoms with Gasteiger partial charge in [0.2, 0.25) is 5.91 Å². The van der Waals surface area contributed by atoms with Gasteiger partial charge in [0, 0.05) is 35.1 Å². The van der Waals surface area contributed by atoms with Crippen molar-refractivity contribution in [2.45, 2.75) is 44.7 Å². The summed E-state index contributed by atoms with van der Waals surface area (Å²) < 4.78 is 2.16. The second-order valence-electron chi connectivity index (χ2n) is 8.50. The lowest BCUT2D eigenvalue weighted by Crippen LogP contribution is -2.48. The summed E-state index contributed by atoms with van der Waals surface area (Å²) in [5.41, 5.74) is 2.16. The Morgan fingerprint density at radius 1 is 1.03 bits per heavy atom. The molecule has 0 radical (unpaired) electrons. The molecule has 4 nitrogen and oxygen atoms in total. The van der Waals surface area contributed by atoms with Gasteiger partial charge in [-0.05, 0) is 74.5 Å². The molecule has 0 N–H and O–H groups in total. The fourth-order valence-electron chi connectivity index (χ4n) is 5.04. The highest BCUT2D eigenvalue weighted by Gasteiger charge is 2.28. The summed E-state index contributed by atoms with van der Waals surface area (Å²) in [6.45, 7) is 4.60. The zero-order valence-electron chi connectivity index (χ0n) is 17.2. The number of likely N-dealkylation sites (tertiary alicyclic amines) is 2. The molecule has 0 spiro atoms. The summed E-state index contributed by atoms with van der Waals surface area (Å²) in [6.07, 6.45) is 6.23. The van der Waals surface area contributed by atoms with Crippen LogP contribution in [0.2, 0.25) is 5.02 Å². The van der Waals surface area contributed by atoms with Crippen LogP contribution in [-0.4, -0.2) is 52.5 Å². The van der Waals surface area contributed by atoms with Gasteiger partial charge in [-0.15, -0.1) is 11.3 Å². The van der Waals surface area contributed by atoms with Crippen molar-refractivity contribution >= 4 is 39.7 Å². The number of carbonyl (C=O) groups is 1. The summed E-state index contributed by atoms with van der Waals surface area (Å²) in [5, 5.41) is 3.89. The molecule has 2 aromatic heterocycles. The smallest absolute Gasteiger partial charge is 0.242 e. The third-order valence-electron chi connectivity index (χ3n) is 6.65. The van der Waals surface area contributed by atoms with Crippen LogP contribution in [0.4, 0.5) is 0 Å². The average Bonchev–Trinajstić information content (AvgIpc) is 3.42. The van der Waals surface area contributed by atoms with Gasteiger partial charge >= 0.3 is 0 Å². The number of nitrogens with zero attached hydrogens (tertiary/aromatic N) is 3. The number of fused-ring (bicyclic) bond motifs is 1. The maximum atomic E-state index is 13.2. The molecule has 1 amide bonds. The van der Waals surface area contributed by atoms with Gasteiger partial charge in [0.25, 0.3) is 0 Å². The van der Waals surface area contributed by atoms with Crippen molar-refractivity contribution < 1.29 is 4.79 Å². The Balaban J connectivity index is 1.33. The highest BCUT2D eigenvalue weighted by Crippen LogP contribution is 2.33. The van der Waals surface area contributed by atoms with Crippen LogP contribution in [0.5, 0.6) is 0 Å². The number of rotatable bonds is 4. The van der Waals surface area contributed by atoms with E-state index in [0.29, 0.717) is 12.6 Å². The molecule has 0 unspecified atom stereocenters. The number of aromatic nitrogens is 1. The molecule has 158 valence electrons. The monoisotopic (exact) mass is 441 g/mol. The van der Waals surface area contributed by atoms with Gasteiger partial charge in [0.15, 0.2) is 0 Å². The Kier molecular flexibility index (Phi) is 5.85. The number of benzene rings is 1. The number of thiophene rings is 1. The van der Waals surface area contributed by atoms with E-state index in [2.05, 4.69) is 37.9 Å². The summed E-state index contributed by atoms with van der Waals surface area (Å²) in [6, 6.07) is 12.9. The predicted octanol–water partition coefficient (Wildman–Crippen LogP) is 5.50. The van der Waals surface area contributed by atoms with E-state index in [1.807, 2.05) is 18.2 Å². The van der Waals surface area contributed by atoms with Crippen molar-refractivity contribution in [1.82, 2.24) is 14.4 Å². The Labute approximate surface area is 187 Å². The van der Waals surface area contributed by atoms with Gasteiger partial charge in [-0.2, -0.15) is 0 Å². The molecule has 30 heavy (non-hydrogen) atoms. The Hall–Kier alpha value is -1.82. The molecule has 2 fully saturated rings. The van der Waals surface area contributed by atoms with Crippen LogP contribution < -0.4 is 0 Å². The van der Waals surface area contributed by atoms with Crippen LogP contribution in [-0.2, 0) is 11.3 Å². The van der Waals surface area contributed by atoms with Gasteiger partial charge in [0.05, 0.1) is 10.6 Å². The van der Waals surface area contributed by atoms with Crippen molar-refractivity contribution in [3.8, 4) is 10.6 Å². The average molecular weight is 442 g/mol. The minimum Gasteiger partial charge on any atom is -0.341 e. The summed E-state index contributed by atoms with van der Waals surface area (Å²) >= 11 is 7.93. The van der Waals surface area contributed by atoms with E-state index in [1.165, 1.54) is 37.2 Å². The minimum atomic E-state index is 0.220. The number of piperidine rings is 2. The summed E-state index contributed by atoms with van der Waals surface area (Å²) in [5.74, 6) is 0.220. The molecule has 1 aromatic carbocycles. The van der Waals surface area contributed by atoms with Gasteiger partial charge < -0.3 is 14.4 Å². The second kappa shape index (κ2) is 8.74. The standard InChI is InChI=1S/C24H28ClN3OS/c25-19-6-7-21-18(15-19)16-22(23-5-4-14-30-23)28(21)17-24(29)27-12-8-20(9-13-27)26-10-2-1-3-11-26/h4-7,14-16,20H,1-3,8-13,17H2. The molecule has 5 rings (SSSR count). The molecule has 0 aliphatic carbocycles. The van der Waals surface area contributed by atoms with Crippen molar-refractivity contribution in [3.05, 3.63) is 46.8 Å². The van der Waals surface area contributed by atoms with Crippen molar-refractivity contribution in [2.24, 2.45) is 0 Å². The molecule has 2 aliphatic heterocycles. The highest BCUT2D eigenvalue weighted by atomic mass is 35.5. The first kappa shape index (κ1) is 20.1. The predicted molar refractivity (Wildman–Crippen MR) is 125 cm³/mol. The molecular weight excluding hydrogens is 414 g/mol. The molecule has 6 heteroatoms. The topological polar surface area (TPSA) is 28.5 Å². The molecule has 3 aromatic rings. The molecule has 0 saturated carbocycles. The van der Waals surface area contributed by atoms with Crippen LogP contribution in [0, 0.1) is 0 Å². The van der Waals surface area contributed by atoms with Gasteiger partial charge in [-0.3, -0.25) is 4.79 Å².